The lowest BCUT2D eigenvalue weighted by Crippen LogP contribution is -2.23. The zero-order valence-corrected chi connectivity index (χ0v) is 31.4. The Hall–Kier alpha value is -6.17. The van der Waals surface area contributed by atoms with E-state index in [0.29, 0.717) is 29.3 Å². The van der Waals surface area contributed by atoms with Gasteiger partial charge in [0.25, 0.3) is 9.05 Å². The van der Waals surface area contributed by atoms with Crippen molar-refractivity contribution in [2.45, 2.75) is 22.9 Å². The van der Waals surface area contributed by atoms with Crippen LogP contribution >= 0.6 is 10.7 Å². The van der Waals surface area contributed by atoms with Crippen molar-refractivity contribution in [2.24, 2.45) is 5.73 Å². The number of aromatic nitrogens is 2. The number of benzene rings is 4. The molecule has 0 spiro atoms. The number of sulfonamides is 1. The lowest BCUT2D eigenvalue weighted by atomic mass is 10.3. The van der Waals surface area contributed by atoms with Crippen LogP contribution in [-0.2, 0) is 32.2 Å². The molecular weight excluding hydrogens is 764 g/mol. The second-order valence-corrected chi connectivity index (χ2v) is 15.5. The average molecular weight is 801 g/mol. The maximum absolute atomic E-state index is 12.3. The van der Waals surface area contributed by atoms with E-state index >= 15 is 0 Å². The lowest BCUT2D eigenvalue weighted by Gasteiger charge is -2.09. The molecule has 4 aromatic carbocycles. The molecule has 0 aliphatic heterocycles. The first-order valence-electron chi connectivity index (χ1n) is 16.3. The van der Waals surface area contributed by atoms with Gasteiger partial charge < -0.3 is 27.0 Å². The number of hydrogen-bond acceptors (Lipinski definition) is 9. The maximum atomic E-state index is 12.3. The van der Waals surface area contributed by atoms with E-state index in [-0.39, 0.29) is 16.3 Å². The SMILES string of the molecule is NCc1cccnc1.O=C(Nc1ccccc1)Nc1ccc(S(=O)(=O)Cl)cc1.O=C(Nc1ccccc1)Nc1ccc(S(=O)(=O)NCc2cccnc2)cc1. The number of carbonyl (C=O) groups is 2. The first kappa shape index (κ1) is 41.6. The third-order valence-electron chi connectivity index (χ3n) is 7.03. The first-order valence-corrected chi connectivity index (χ1v) is 20.1. The predicted octanol–water partition coefficient (Wildman–Crippen LogP) is 7.00. The molecule has 0 aliphatic rings. The molecule has 6 rings (SSSR count). The monoisotopic (exact) mass is 800 g/mol. The summed E-state index contributed by atoms with van der Waals surface area (Å²) in [4.78, 5) is 31.6. The summed E-state index contributed by atoms with van der Waals surface area (Å²) in [6.45, 7) is 0.726. The summed E-state index contributed by atoms with van der Waals surface area (Å²) in [6.07, 6.45) is 6.72. The molecule has 0 radical (unpaired) electrons. The maximum Gasteiger partial charge on any atom is 0.323 e. The van der Waals surface area contributed by atoms with Crippen LogP contribution in [0.5, 0.6) is 0 Å². The summed E-state index contributed by atoms with van der Waals surface area (Å²) in [5.74, 6) is 0. The van der Waals surface area contributed by atoms with E-state index in [1.54, 1.807) is 73.3 Å². The van der Waals surface area contributed by atoms with Gasteiger partial charge in [-0.1, -0.05) is 48.5 Å². The van der Waals surface area contributed by atoms with Crippen LogP contribution in [0.25, 0.3) is 0 Å². The van der Waals surface area contributed by atoms with Gasteiger partial charge in [-0.05, 0) is 96.1 Å². The van der Waals surface area contributed by atoms with Gasteiger partial charge in [-0.2, -0.15) is 0 Å². The van der Waals surface area contributed by atoms with Crippen LogP contribution in [0.3, 0.4) is 0 Å². The number of anilines is 4. The molecule has 0 saturated carbocycles. The molecule has 0 bridgehead atoms. The Morgan fingerprint density at radius 3 is 1.29 bits per heavy atom. The molecule has 0 atom stereocenters. The van der Waals surface area contributed by atoms with Gasteiger partial charge in [-0.25, -0.2) is 31.1 Å². The number of halogens is 1. The highest BCUT2D eigenvalue weighted by molar-refractivity contribution is 8.13. The van der Waals surface area contributed by atoms with Crippen molar-refractivity contribution in [2.75, 3.05) is 21.3 Å². The minimum absolute atomic E-state index is 0.0202. The first-order chi connectivity index (χ1) is 26.4. The molecule has 0 unspecified atom stereocenters. The van der Waals surface area contributed by atoms with Crippen LogP contribution in [0, 0.1) is 0 Å². The van der Waals surface area contributed by atoms with E-state index in [1.807, 2.05) is 36.4 Å². The topological polar surface area (TPSA) is 214 Å². The highest BCUT2D eigenvalue weighted by Crippen LogP contribution is 2.18. The zero-order chi connectivity index (χ0) is 39.5. The molecule has 7 N–H and O–H groups in total. The summed E-state index contributed by atoms with van der Waals surface area (Å²) < 4.78 is 49.4. The molecule has 0 aliphatic carbocycles. The Morgan fingerprint density at radius 1 is 0.527 bits per heavy atom. The fraction of sp³-hybridized carbons (Fsp3) is 0.0526. The number of urea groups is 2. The Morgan fingerprint density at radius 2 is 0.927 bits per heavy atom. The number of amides is 4. The molecule has 0 saturated heterocycles. The predicted molar refractivity (Wildman–Crippen MR) is 214 cm³/mol. The quantitative estimate of drug-likeness (QED) is 0.0786. The van der Waals surface area contributed by atoms with Crippen LogP contribution in [-0.4, -0.2) is 38.9 Å². The van der Waals surface area contributed by atoms with E-state index in [4.69, 9.17) is 16.4 Å². The van der Waals surface area contributed by atoms with E-state index < -0.39 is 31.1 Å². The summed E-state index contributed by atoms with van der Waals surface area (Å²) in [7, 11) is -2.21. The lowest BCUT2D eigenvalue weighted by molar-refractivity contribution is 0.261. The number of carbonyl (C=O) groups excluding carboxylic acids is 2. The van der Waals surface area contributed by atoms with Gasteiger partial charge in [0.15, 0.2) is 0 Å². The van der Waals surface area contributed by atoms with E-state index in [9.17, 15) is 26.4 Å². The van der Waals surface area contributed by atoms with Gasteiger partial charge in [0.05, 0.1) is 9.79 Å². The van der Waals surface area contributed by atoms with Crippen molar-refractivity contribution < 1.29 is 26.4 Å². The van der Waals surface area contributed by atoms with Gasteiger partial charge in [-0.15, -0.1) is 0 Å². The molecule has 2 aromatic heterocycles. The fourth-order valence-electron chi connectivity index (χ4n) is 4.33. The molecule has 2 heterocycles. The largest absolute Gasteiger partial charge is 0.326 e. The van der Waals surface area contributed by atoms with Gasteiger partial charge in [0.1, 0.15) is 0 Å². The number of hydrogen-bond donors (Lipinski definition) is 6. The normalized spacial score (nSPS) is 10.7. The smallest absolute Gasteiger partial charge is 0.323 e. The summed E-state index contributed by atoms with van der Waals surface area (Å²) in [5, 5.41) is 10.6. The molecule has 4 amide bonds. The number of pyridine rings is 2. The van der Waals surface area contributed by atoms with Crippen molar-refractivity contribution in [1.82, 2.24) is 14.7 Å². The standard InChI is InChI=1S/C19H18N4O3S.C13H11ClN2O3S.C6H8N2/c24-19(22-16-6-2-1-3-7-16)23-17-8-10-18(11-9-17)27(25,26)21-14-15-5-4-12-20-13-15;14-20(18,19)12-8-6-11(7-9-12)16-13(17)15-10-4-2-1-3-5-10;7-4-6-2-1-3-8-5-6/h1-13,21H,14H2,(H2,22,23,24);1-9H,(H2,15,16,17);1-3,5H,4,7H2. The summed E-state index contributed by atoms with van der Waals surface area (Å²) >= 11 is 0. The zero-order valence-electron chi connectivity index (χ0n) is 29.0. The van der Waals surface area contributed by atoms with E-state index in [0.717, 1.165) is 11.1 Å². The van der Waals surface area contributed by atoms with Gasteiger partial charge in [0.2, 0.25) is 10.0 Å². The fourth-order valence-corrected chi connectivity index (χ4v) is 6.12. The van der Waals surface area contributed by atoms with Gasteiger partial charge in [0, 0.05) is 71.3 Å². The van der Waals surface area contributed by atoms with Crippen molar-refractivity contribution in [3.05, 3.63) is 169 Å². The Bertz CT molecular complexity index is 2310. The number of nitrogens with two attached hydrogens (primary N) is 1. The Labute approximate surface area is 323 Å². The molecule has 17 heteroatoms. The minimum Gasteiger partial charge on any atom is -0.326 e. The van der Waals surface area contributed by atoms with Crippen LogP contribution in [0.4, 0.5) is 32.3 Å². The molecule has 284 valence electrons. The van der Waals surface area contributed by atoms with Crippen LogP contribution in [0.1, 0.15) is 11.1 Å². The summed E-state index contributed by atoms with van der Waals surface area (Å²) in [6, 6.07) is 36.0. The highest BCUT2D eigenvalue weighted by Gasteiger charge is 2.14. The molecule has 14 nitrogen and oxygen atoms in total. The van der Waals surface area contributed by atoms with E-state index in [1.165, 1.54) is 48.5 Å². The number of rotatable bonds is 10. The van der Waals surface area contributed by atoms with Crippen molar-refractivity contribution in [3.8, 4) is 0 Å². The van der Waals surface area contributed by atoms with Gasteiger partial charge >= 0.3 is 12.1 Å². The minimum atomic E-state index is -3.75. The van der Waals surface area contributed by atoms with Crippen molar-refractivity contribution in [3.63, 3.8) is 0 Å². The summed E-state index contributed by atoms with van der Waals surface area (Å²) in [5.41, 5.74) is 9.41. The van der Waals surface area contributed by atoms with Gasteiger partial charge in [-0.3, -0.25) is 9.97 Å². The second-order valence-electron chi connectivity index (χ2n) is 11.1. The average Bonchev–Trinajstić information content (AvgIpc) is 3.19. The number of nitrogens with one attached hydrogen (secondary N) is 5. The van der Waals surface area contributed by atoms with Crippen LogP contribution < -0.4 is 31.7 Å². The third-order valence-corrected chi connectivity index (χ3v) is 9.81. The van der Waals surface area contributed by atoms with Crippen LogP contribution in [0.2, 0.25) is 0 Å². The highest BCUT2D eigenvalue weighted by atomic mass is 35.7. The van der Waals surface area contributed by atoms with Crippen LogP contribution in [0.15, 0.2) is 168 Å². The third kappa shape index (κ3) is 15.0. The van der Waals surface area contributed by atoms with Crippen molar-refractivity contribution in [1.29, 1.82) is 0 Å². The van der Waals surface area contributed by atoms with E-state index in [2.05, 4.69) is 36.0 Å². The Kier molecular flexibility index (Phi) is 15.8. The second kappa shape index (κ2) is 20.9. The number of nitrogens with zero attached hydrogens (tertiary/aromatic N) is 2. The molecule has 55 heavy (non-hydrogen) atoms. The van der Waals surface area contributed by atoms with Crippen molar-refractivity contribution >= 4 is 64.6 Å². The molecule has 6 aromatic rings. The molecule has 0 fully saturated rings. The number of para-hydroxylation sites is 2. The molecular formula is C38H37ClN8O6S2. The Balaban J connectivity index is 0.000000209.